The van der Waals surface area contributed by atoms with E-state index in [1.54, 1.807) is 14.2 Å². The Kier molecular flexibility index (Phi) is 5.26. The van der Waals surface area contributed by atoms with Gasteiger partial charge in [0.2, 0.25) is 0 Å². The van der Waals surface area contributed by atoms with E-state index >= 15 is 0 Å². The quantitative estimate of drug-likeness (QED) is 0.791. The molecule has 0 saturated heterocycles. The molecule has 0 radical (unpaired) electrons. The molecule has 0 aliphatic heterocycles. The molecule has 0 heterocycles. The third-order valence-corrected chi connectivity index (χ3v) is 4.06. The first-order chi connectivity index (χ1) is 9.65. The fourth-order valence-corrected chi connectivity index (χ4v) is 2.42. The second kappa shape index (κ2) is 6.95. The van der Waals surface area contributed by atoms with Crippen LogP contribution in [-0.2, 0) is 6.54 Å². The van der Waals surface area contributed by atoms with E-state index in [9.17, 15) is 0 Å². The molecule has 0 bridgehead atoms. The van der Waals surface area contributed by atoms with Crippen LogP contribution in [0.3, 0.4) is 0 Å². The van der Waals surface area contributed by atoms with E-state index in [2.05, 4.69) is 24.2 Å². The molecule has 1 aliphatic carbocycles. The highest BCUT2D eigenvalue weighted by Crippen LogP contribution is 2.27. The summed E-state index contributed by atoms with van der Waals surface area (Å²) in [4.78, 5) is 2.47. The van der Waals surface area contributed by atoms with E-state index in [-0.39, 0.29) is 0 Å². The number of nitrogens with one attached hydrogen (secondary N) is 1. The number of likely N-dealkylation sites (N-methyl/N-ethyl adjacent to an activating group) is 1. The lowest BCUT2D eigenvalue weighted by Crippen LogP contribution is -2.38. The highest BCUT2D eigenvalue weighted by atomic mass is 16.5. The fraction of sp³-hybridized carbons (Fsp3) is 0.625. The van der Waals surface area contributed by atoms with Crippen LogP contribution in [0, 0.1) is 0 Å². The molecular formula is C16H26N2O2. The Morgan fingerprint density at radius 1 is 1.30 bits per heavy atom. The zero-order valence-corrected chi connectivity index (χ0v) is 13.0. The van der Waals surface area contributed by atoms with E-state index in [0.717, 1.165) is 36.2 Å². The van der Waals surface area contributed by atoms with Crippen molar-refractivity contribution in [2.24, 2.45) is 0 Å². The van der Waals surface area contributed by atoms with Crippen LogP contribution in [0.2, 0.25) is 0 Å². The van der Waals surface area contributed by atoms with Crippen molar-refractivity contribution in [1.29, 1.82) is 0 Å². The van der Waals surface area contributed by atoms with Crippen LogP contribution in [0.25, 0.3) is 0 Å². The zero-order valence-electron chi connectivity index (χ0n) is 13.0. The summed E-state index contributed by atoms with van der Waals surface area (Å²) in [5.74, 6) is 1.77. The molecule has 1 unspecified atom stereocenters. The van der Waals surface area contributed by atoms with Gasteiger partial charge in [-0.2, -0.15) is 0 Å². The van der Waals surface area contributed by atoms with E-state index in [0.29, 0.717) is 6.04 Å². The third kappa shape index (κ3) is 3.87. The molecule has 1 saturated carbocycles. The molecular weight excluding hydrogens is 252 g/mol. The predicted octanol–water partition coefficient (Wildman–Crippen LogP) is 2.28. The first-order valence-electron chi connectivity index (χ1n) is 7.29. The largest absolute Gasteiger partial charge is 0.497 e. The lowest BCUT2D eigenvalue weighted by molar-refractivity contribution is 0.240. The van der Waals surface area contributed by atoms with Crippen molar-refractivity contribution < 1.29 is 9.47 Å². The number of hydrogen-bond donors (Lipinski definition) is 1. The van der Waals surface area contributed by atoms with Crippen LogP contribution in [0.15, 0.2) is 18.2 Å². The highest BCUT2D eigenvalue weighted by Gasteiger charge is 2.28. The van der Waals surface area contributed by atoms with Gasteiger partial charge in [0.15, 0.2) is 0 Å². The maximum absolute atomic E-state index is 5.39. The van der Waals surface area contributed by atoms with Gasteiger partial charge in [0.1, 0.15) is 11.5 Å². The SMILES string of the molecule is COc1ccc(OC)c(CNCC(C)N(C)C2CC2)c1. The second-order valence-electron chi connectivity index (χ2n) is 5.55. The Labute approximate surface area is 122 Å². The van der Waals surface area contributed by atoms with E-state index < -0.39 is 0 Å². The molecule has 1 aromatic rings. The van der Waals surface area contributed by atoms with Crippen molar-refractivity contribution in [1.82, 2.24) is 10.2 Å². The molecule has 1 aliphatic rings. The van der Waals surface area contributed by atoms with Gasteiger partial charge in [0.25, 0.3) is 0 Å². The Bertz CT molecular complexity index is 432. The van der Waals surface area contributed by atoms with Gasteiger partial charge in [-0.3, -0.25) is 4.90 Å². The highest BCUT2D eigenvalue weighted by molar-refractivity contribution is 5.40. The van der Waals surface area contributed by atoms with Crippen molar-refractivity contribution in [2.75, 3.05) is 27.8 Å². The lowest BCUT2D eigenvalue weighted by atomic mass is 10.2. The molecule has 4 nitrogen and oxygen atoms in total. The van der Waals surface area contributed by atoms with Crippen molar-refractivity contribution in [3.05, 3.63) is 23.8 Å². The summed E-state index contributed by atoms with van der Waals surface area (Å²) < 4.78 is 10.7. The average molecular weight is 278 g/mol. The van der Waals surface area contributed by atoms with E-state index in [1.165, 1.54) is 12.8 Å². The summed E-state index contributed by atoms with van der Waals surface area (Å²) in [6.07, 6.45) is 2.70. The molecule has 1 aromatic carbocycles. The van der Waals surface area contributed by atoms with E-state index in [4.69, 9.17) is 9.47 Å². The summed E-state index contributed by atoms with van der Waals surface area (Å²) in [5.41, 5.74) is 1.13. The number of rotatable bonds is 8. The Balaban J connectivity index is 1.86. The van der Waals surface area contributed by atoms with Crippen LogP contribution >= 0.6 is 0 Å². The van der Waals surface area contributed by atoms with Gasteiger partial charge in [-0.25, -0.2) is 0 Å². The van der Waals surface area contributed by atoms with Gasteiger partial charge in [-0.15, -0.1) is 0 Å². The molecule has 0 amide bonds. The topological polar surface area (TPSA) is 33.7 Å². The minimum atomic E-state index is 0.555. The summed E-state index contributed by atoms with van der Waals surface area (Å²) in [6.45, 7) is 4.05. The summed E-state index contributed by atoms with van der Waals surface area (Å²) in [6, 6.07) is 7.26. The van der Waals surface area contributed by atoms with Crippen molar-refractivity contribution in [3.63, 3.8) is 0 Å². The second-order valence-corrected chi connectivity index (χ2v) is 5.55. The molecule has 20 heavy (non-hydrogen) atoms. The van der Waals surface area contributed by atoms with Gasteiger partial charge in [0, 0.05) is 30.7 Å². The van der Waals surface area contributed by atoms with Crippen LogP contribution in [-0.4, -0.2) is 44.8 Å². The molecule has 1 fully saturated rings. The number of nitrogens with zero attached hydrogens (tertiary/aromatic N) is 1. The predicted molar refractivity (Wildman–Crippen MR) is 81.5 cm³/mol. The minimum Gasteiger partial charge on any atom is -0.497 e. The van der Waals surface area contributed by atoms with Crippen LogP contribution in [0.4, 0.5) is 0 Å². The van der Waals surface area contributed by atoms with Gasteiger partial charge in [-0.05, 0) is 45.0 Å². The summed E-state index contributed by atoms with van der Waals surface area (Å²) in [5, 5.41) is 3.51. The first kappa shape index (κ1) is 15.1. The molecule has 0 aromatic heterocycles. The summed E-state index contributed by atoms with van der Waals surface area (Å²) in [7, 11) is 5.61. The number of ether oxygens (including phenoxy) is 2. The van der Waals surface area contributed by atoms with Crippen LogP contribution in [0.5, 0.6) is 11.5 Å². The maximum atomic E-state index is 5.39. The number of hydrogen-bond acceptors (Lipinski definition) is 4. The van der Waals surface area contributed by atoms with E-state index in [1.807, 2.05) is 18.2 Å². The zero-order chi connectivity index (χ0) is 14.5. The third-order valence-electron chi connectivity index (χ3n) is 4.06. The molecule has 0 spiro atoms. The Morgan fingerprint density at radius 3 is 2.65 bits per heavy atom. The monoisotopic (exact) mass is 278 g/mol. The normalized spacial score (nSPS) is 16.2. The Morgan fingerprint density at radius 2 is 2.05 bits per heavy atom. The van der Waals surface area contributed by atoms with Gasteiger partial charge in [0.05, 0.1) is 14.2 Å². The smallest absolute Gasteiger partial charge is 0.123 e. The molecule has 4 heteroatoms. The number of benzene rings is 1. The van der Waals surface area contributed by atoms with Gasteiger partial charge in [-0.1, -0.05) is 0 Å². The Hall–Kier alpha value is -1.26. The van der Waals surface area contributed by atoms with Crippen molar-refractivity contribution in [3.8, 4) is 11.5 Å². The summed E-state index contributed by atoms with van der Waals surface area (Å²) >= 11 is 0. The van der Waals surface area contributed by atoms with Crippen LogP contribution in [0.1, 0.15) is 25.3 Å². The molecule has 1 N–H and O–H groups in total. The maximum Gasteiger partial charge on any atom is 0.123 e. The van der Waals surface area contributed by atoms with Gasteiger partial charge < -0.3 is 14.8 Å². The standard InChI is InChI=1S/C16H26N2O2/c1-12(18(2)14-5-6-14)10-17-11-13-9-15(19-3)7-8-16(13)20-4/h7-9,12,14,17H,5-6,10-11H2,1-4H3. The lowest BCUT2D eigenvalue weighted by Gasteiger charge is -2.24. The van der Waals surface area contributed by atoms with Gasteiger partial charge >= 0.3 is 0 Å². The molecule has 1 atom stereocenters. The average Bonchev–Trinajstić information content (AvgIpc) is 3.30. The number of methoxy groups -OCH3 is 2. The first-order valence-corrected chi connectivity index (χ1v) is 7.29. The van der Waals surface area contributed by atoms with Crippen molar-refractivity contribution >= 4 is 0 Å². The van der Waals surface area contributed by atoms with Crippen molar-refractivity contribution in [2.45, 2.75) is 38.4 Å². The molecule has 112 valence electrons. The fourth-order valence-electron chi connectivity index (χ4n) is 2.42. The molecule has 2 rings (SSSR count). The van der Waals surface area contributed by atoms with Crippen LogP contribution < -0.4 is 14.8 Å². The minimum absolute atomic E-state index is 0.555.